The molecule has 0 saturated carbocycles. The molecule has 0 aliphatic carbocycles. The molecule has 0 spiro atoms. The molecule has 0 amide bonds. The van der Waals surface area contributed by atoms with Crippen molar-refractivity contribution in [3.63, 3.8) is 0 Å². The second-order valence-electron chi connectivity index (χ2n) is 5.24. The minimum atomic E-state index is -0.443. The number of rotatable bonds is 4. The average molecular weight is 216 g/mol. The van der Waals surface area contributed by atoms with Gasteiger partial charge in [-0.3, -0.25) is 0 Å². The maximum Gasteiger partial charge on any atom is 0.163 e. The zero-order chi connectivity index (χ0) is 11.6. The molecule has 0 aromatic rings. The van der Waals surface area contributed by atoms with Crippen LogP contribution in [0, 0.1) is 0 Å². The molecular formula is C11H24N2O2. The van der Waals surface area contributed by atoms with Crippen molar-refractivity contribution in [1.82, 2.24) is 9.80 Å². The third-order valence-electron chi connectivity index (χ3n) is 2.38. The van der Waals surface area contributed by atoms with Gasteiger partial charge in [-0.15, -0.1) is 0 Å². The van der Waals surface area contributed by atoms with E-state index in [1.807, 2.05) is 13.8 Å². The van der Waals surface area contributed by atoms with Gasteiger partial charge in [0.05, 0.1) is 0 Å². The molecule has 4 heteroatoms. The second-order valence-corrected chi connectivity index (χ2v) is 5.24. The molecule has 0 aromatic heterocycles. The number of nitrogens with zero attached hydrogens (tertiary/aromatic N) is 2. The normalized spacial score (nSPS) is 30.4. The Morgan fingerprint density at radius 1 is 0.867 bits per heavy atom. The van der Waals surface area contributed by atoms with E-state index in [1.165, 1.54) is 0 Å². The standard InChI is InChI=1S/C11H24N2O2/c1-11(2)14-9(7-12(3)4)10(15-11)8-13(5)6/h9-10H,7-8H2,1-6H3/t9-,10-/m1/s1. The summed E-state index contributed by atoms with van der Waals surface area (Å²) in [4.78, 5) is 4.27. The summed E-state index contributed by atoms with van der Waals surface area (Å²) in [7, 11) is 8.23. The van der Waals surface area contributed by atoms with Gasteiger partial charge in [-0.25, -0.2) is 0 Å². The van der Waals surface area contributed by atoms with Gasteiger partial charge in [-0.1, -0.05) is 0 Å². The molecule has 1 aliphatic rings. The number of ether oxygens (including phenoxy) is 2. The van der Waals surface area contributed by atoms with Crippen LogP contribution in [0.4, 0.5) is 0 Å². The van der Waals surface area contributed by atoms with Gasteiger partial charge in [0.2, 0.25) is 0 Å². The molecule has 0 unspecified atom stereocenters. The van der Waals surface area contributed by atoms with Gasteiger partial charge in [0.1, 0.15) is 12.2 Å². The lowest BCUT2D eigenvalue weighted by molar-refractivity contribution is -0.148. The first-order valence-electron chi connectivity index (χ1n) is 5.45. The Bertz CT molecular complexity index is 185. The molecule has 90 valence electrons. The van der Waals surface area contributed by atoms with Crippen LogP contribution in [0.25, 0.3) is 0 Å². The van der Waals surface area contributed by atoms with Crippen LogP contribution in [0.2, 0.25) is 0 Å². The summed E-state index contributed by atoms with van der Waals surface area (Å²) >= 11 is 0. The van der Waals surface area contributed by atoms with E-state index in [4.69, 9.17) is 9.47 Å². The van der Waals surface area contributed by atoms with Crippen molar-refractivity contribution in [3.8, 4) is 0 Å². The van der Waals surface area contributed by atoms with Gasteiger partial charge in [0.15, 0.2) is 5.79 Å². The van der Waals surface area contributed by atoms with Crippen molar-refractivity contribution >= 4 is 0 Å². The Morgan fingerprint density at radius 2 is 1.20 bits per heavy atom. The number of likely N-dealkylation sites (N-methyl/N-ethyl adjacent to an activating group) is 2. The van der Waals surface area contributed by atoms with Crippen LogP contribution in [-0.2, 0) is 9.47 Å². The fourth-order valence-electron chi connectivity index (χ4n) is 1.94. The fourth-order valence-corrected chi connectivity index (χ4v) is 1.94. The predicted molar refractivity (Wildman–Crippen MR) is 60.9 cm³/mol. The van der Waals surface area contributed by atoms with E-state index < -0.39 is 5.79 Å². The highest BCUT2D eigenvalue weighted by Gasteiger charge is 2.41. The van der Waals surface area contributed by atoms with Gasteiger partial charge >= 0.3 is 0 Å². The van der Waals surface area contributed by atoms with Gasteiger partial charge in [0, 0.05) is 13.1 Å². The number of hydrogen-bond acceptors (Lipinski definition) is 4. The number of hydrogen-bond donors (Lipinski definition) is 0. The Hall–Kier alpha value is -0.160. The minimum Gasteiger partial charge on any atom is -0.343 e. The first-order chi connectivity index (χ1) is 6.80. The van der Waals surface area contributed by atoms with Gasteiger partial charge < -0.3 is 19.3 Å². The average Bonchev–Trinajstić information content (AvgIpc) is 2.22. The Balaban J connectivity index is 2.57. The summed E-state index contributed by atoms with van der Waals surface area (Å²) in [6.45, 7) is 5.76. The van der Waals surface area contributed by atoms with E-state index in [9.17, 15) is 0 Å². The van der Waals surface area contributed by atoms with Gasteiger partial charge in [-0.05, 0) is 42.0 Å². The van der Waals surface area contributed by atoms with E-state index in [0.717, 1.165) is 13.1 Å². The molecule has 0 N–H and O–H groups in total. The van der Waals surface area contributed by atoms with Crippen LogP contribution in [0.15, 0.2) is 0 Å². The molecule has 1 heterocycles. The molecular weight excluding hydrogens is 192 g/mol. The highest BCUT2D eigenvalue weighted by Crippen LogP contribution is 2.28. The zero-order valence-corrected chi connectivity index (χ0v) is 10.8. The first-order valence-corrected chi connectivity index (χ1v) is 5.45. The van der Waals surface area contributed by atoms with Crippen LogP contribution < -0.4 is 0 Å². The van der Waals surface area contributed by atoms with Crippen molar-refractivity contribution in [2.24, 2.45) is 0 Å². The zero-order valence-electron chi connectivity index (χ0n) is 10.8. The van der Waals surface area contributed by atoms with Crippen LogP contribution in [-0.4, -0.2) is 69.1 Å². The minimum absolute atomic E-state index is 0.164. The second kappa shape index (κ2) is 4.78. The predicted octanol–water partition coefficient (Wildman–Crippen LogP) is 0.630. The summed E-state index contributed by atoms with van der Waals surface area (Å²) in [6.07, 6.45) is 0.329. The Labute approximate surface area is 93.1 Å². The van der Waals surface area contributed by atoms with E-state index in [1.54, 1.807) is 0 Å². The Kier molecular flexibility index (Phi) is 4.12. The van der Waals surface area contributed by atoms with E-state index >= 15 is 0 Å². The van der Waals surface area contributed by atoms with Crippen LogP contribution >= 0.6 is 0 Å². The molecule has 1 saturated heterocycles. The molecule has 1 fully saturated rings. The largest absolute Gasteiger partial charge is 0.343 e. The van der Waals surface area contributed by atoms with Crippen molar-refractivity contribution in [2.75, 3.05) is 41.3 Å². The fraction of sp³-hybridized carbons (Fsp3) is 1.00. The quantitative estimate of drug-likeness (QED) is 0.688. The van der Waals surface area contributed by atoms with Crippen molar-refractivity contribution in [3.05, 3.63) is 0 Å². The lowest BCUT2D eigenvalue weighted by Gasteiger charge is -2.22. The van der Waals surface area contributed by atoms with Gasteiger partial charge in [-0.2, -0.15) is 0 Å². The summed E-state index contributed by atoms with van der Waals surface area (Å²) in [6, 6.07) is 0. The summed E-state index contributed by atoms with van der Waals surface area (Å²) in [5, 5.41) is 0. The van der Waals surface area contributed by atoms with Crippen LogP contribution in [0.5, 0.6) is 0 Å². The van der Waals surface area contributed by atoms with E-state index in [0.29, 0.717) is 0 Å². The molecule has 15 heavy (non-hydrogen) atoms. The van der Waals surface area contributed by atoms with Crippen molar-refractivity contribution < 1.29 is 9.47 Å². The lowest BCUT2D eigenvalue weighted by Crippen LogP contribution is -2.39. The highest BCUT2D eigenvalue weighted by molar-refractivity contribution is 4.84. The molecule has 1 aliphatic heterocycles. The molecule has 0 bridgehead atoms. The van der Waals surface area contributed by atoms with Crippen LogP contribution in [0.1, 0.15) is 13.8 Å². The SMILES string of the molecule is CN(C)C[C@H]1OC(C)(C)O[C@@H]1CN(C)C. The molecule has 4 nitrogen and oxygen atoms in total. The molecule has 2 atom stereocenters. The van der Waals surface area contributed by atoms with Crippen molar-refractivity contribution in [2.45, 2.75) is 31.8 Å². The summed E-state index contributed by atoms with van der Waals surface area (Å²) < 4.78 is 11.8. The van der Waals surface area contributed by atoms with Crippen molar-refractivity contribution in [1.29, 1.82) is 0 Å². The summed E-state index contributed by atoms with van der Waals surface area (Å²) in [5.41, 5.74) is 0. The maximum atomic E-state index is 5.88. The summed E-state index contributed by atoms with van der Waals surface area (Å²) in [5.74, 6) is -0.443. The molecule has 0 radical (unpaired) electrons. The highest BCUT2D eigenvalue weighted by atomic mass is 16.8. The van der Waals surface area contributed by atoms with E-state index in [2.05, 4.69) is 38.0 Å². The van der Waals surface area contributed by atoms with Gasteiger partial charge in [0.25, 0.3) is 0 Å². The lowest BCUT2D eigenvalue weighted by atomic mass is 10.2. The Morgan fingerprint density at radius 3 is 1.47 bits per heavy atom. The third-order valence-corrected chi connectivity index (χ3v) is 2.38. The maximum absolute atomic E-state index is 5.88. The monoisotopic (exact) mass is 216 g/mol. The van der Waals surface area contributed by atoms with Crippen LogP contribution in [0.3, 0.4) is 0 Å². The molecule has 1 rings (SSSR count). The first kappa shape index (κ1) is 12.9. The molecule has 0 aromatic carbocycles. The third kappa shape index (κ3) is 4.07. The van der Waals surface area contributed by atoms with E-state index in [-0.39, 0.29) is 12.2 Å². The smallest absolute Gasteiger partial charge is 0.163 e. The topological polar surface area (TPSA) is 24.9 Å².